The van der Waals surface area contributed by atoms with E-state index in [1.54, 1.807) is 13.8 Å². The number of sulfonamides is 1. The number of benzene rings is 1. The van der Waals surface area contributed by atoms with Crippen LogP contribution in [0.25, 0.3) is 6.08 Å². The first kappa shape index (κ1) is 27.3. The lowest BCUT2D eigenvalue weighted by Crippen LogP contribution is -2.32. The van der Waals surface area contributed by atoms with Gasteiger partial charge in [-0.1, -0.05) is 37.0 Å². The zero-order chi connectivity index (χ0) is 25.5. The Bertz CT molecular complexity index is 1140. The van der Waals surface area contributed by atoms with Gasteiger partial charge in [0.05, 0.1) is 12.4 Å². The number of esters is 1. The van der Waals surface area contributed by atoms with Crippen molar-refractivity contribution in [3.05, 3.63) is 47.1 Å². The molecule has 0 saturated carbocycles. The summed E-state index contributed by atoms with van der Waals surface area (Å²) in [6.07, 6.45) is 2.97. The van der Waals surface area contributed by atoms with Crippen molar-refractivity contribution < 1.29 is 38.1 Å². The van der Waals surface area contributed by atoms with Crippen LogP contribution in [0.15, 0.2) is 30.4 Å². The number of hydrogen-bond acceptors (Lipinski definition) is 8. The van der Waals surface area contributed by atoms with Gasteiger partial charge in [0.2, 0.25) is 10.0 Å². The maximum Gasteiger partial charge on any atom is 0.342 e. The average molecular weight is 492 g/mol. The number of aromatic hydroxyl groups is 1. The molecular formula is C24H29NO8S. The van der Waals surface area contributed by atoms with Crippen molar-refractivity contribution in [1.82, 2.24) is 4.72 Å². The molecule has 1 aliphatic rings. The number of fused-ring (bicyclic) bond motifs is 1. The molecule has 0 amide bonds. The topological polar surface area (TPSA) is 150 Å². The van der Waals surface area contributed by atoms with E-state index in [-0.39, 0.29) is 36.3 Å². The van der Waals surface area contributed by atoms with Gasteiger partial charge in [-0.25, -0.2) is 17.9 Å². The Hall–Kier alpha value is -2.97. The summed E-state index contributed by atoms with van der Waals surface area (Å²) in [5.41, 5.74) is 0.469. The summed E-state index contributed by atoms with van der Waals surface area (Å²) in [5.74, 6) is 3.48. The summed E-state index contributed by atoms with van der Waals surface area (Å²) in [7, 11) is -3.34. The number of hydrogen-bond donors (Lipinski definition) is 4. The molecule has 4 N–H and O–H groups in total. The number of phenols is 1. The Morgan fingerprint density at radius 3 is 2.56 bits per heavy atom. The van der Waals surface area contributed by atoms with Gasteiger partial charge in [0.25, 0.3) is 0 Å². The highest BCUT2D eigenvalue weighted by Crippen LogP contribution is 2.28. The molecule has 0 fully saturated rings. The quantitative estimate of drug-likeness (QED) is 0.279. The fourth-order valence-electron chi connectivity index (χ4n) is 3.04. The van der Waals surface area contributed by atoms with Crippen LogP contribution in [0.5, 0.6) is 5.75 Å². The van der Waals surface area contributed by atoms with Gasteiger partial charge in [-0.05, 0) is 31.6 Å². The first-order chi connectivity index (χ1) is 15.9. The highest BCUT2D eigenvalue weighted by atomic mass is 32.2. The summed E-state index contributed by atoms with van der Waals surface area (Å²) >= 11 is 0. The molecule has 1 aromatic carbocycles. The molecule has 10 heteroatoms. The molecule has 184 valence electrons. The molecule has 0 bridgehead atoms. The van der Waals surface area contributed by atoms with Crippen molar-refractivity contribution in [2.24, 2.45) is 5.92 Å². The van der Waals surface area contributed by atoms with E-state index in [0.29, 0.717) is 5.56 Å². The molecule has 0 unspecified atom stereocenters. The number of rotatable bonds is 3. The lowest BCUT2D eigenvalue weighted by molar-refractivity contribution is -0.127. The van der Waals surface area contributed by atoms with E-state index in [1.807, 2.05) is 0 Å². The fourth-order valence-corrected chi connectivity index (χ4v) is 3.51. The lowest BCUT2D eigenvalue weighted by atomic mass is 9.97. The highest BCUT2D eigenvalue weighted by Gasteiger charge is 2.25. The molecule has 1 aliphatic heterocycles. The molecule has 1 aromatic rings. The van der Waals surface area contributed by atoms with E-state index in [9.17, 15) is 33.3 Å². The zero-order valence-electron chi connectivity index (χ0n) is 19.2. The third-order valence-corrected chi connectivity index (χ3v) is 5.91. The van der Waals surface area contributed by atoms with Crippen LogP contribution in [0.4, 0.5) is 0 Å². The number of nitrogens with one attached hydrogen (secondary N) is 1. The van der Waals surface area contributed by atoms with Gasteiger partial charge in [-0.15, -0.1) is 0 Å². The number of cyclic esters (lactones) is 1. The van der Waals surface area contributed by atoms with Crippen LogP contribution >= 0.6 is 0 Å². The summed E-state index contributed by atoms with van der Waals surface area (Å²) in [5, 5.41) is 30.7. The van der Waals surface area contributed by atoms with Crippen molar-refractivity contribution >= 4 is 27.9 Å². The first-order valence-electron chi connectivity index (χ1n) is 10.7. The number of carbonyl (C=O) groups is 2. The number of phenolic OH excluding ortho intramolecular Hbond substituents is 1. The molecule has 0 radical (unpaired) electrons. The van der Waals surface area contributed by atoms with E-state index >= 15 is 0 Å². The van der Waals surface area contributed by atoms with E-state index in [2.05, 4.69) is 16.6 Å². The van der Waals surface area contributed by atoms with Crippen LogP contribution < -0.4 is 4.72 Å². The lowest BCUT2D eigenvalue weighted by Gasteiger charge is -2.20. The van der Waals surface area contributed by atoms with E-state index in [4.69, 9.17) is 4.74 Å². The standard InChI is InChI=1S/C24H29NO8S/c1-15-10-12-21(28)23(29)20(27)9-6-8-18-17(7-4-5-14-25-34(3,31)32)11-13-19(26)22(18)24(30)33-16(15)2/h6,8,10-13,15-16,20,23,25-27,29H,5,9,14H2,1-3H3/b8-6+,12-10-/t15-,16+,20+,23+/m1/s1. The Morgan fingerprint density at radius 1 is 1.18 bits per heavy atom. The molecule has 0 spiro atoms. The van der Waals surface area contributed by atoms with Gasteiger partial charge >= 0.3 is 5.97 Å². The minimum Gasteiger partial charge on any atom is -0.507 e. The second-order valence-corrected chi connectivity index (χ2v) is 9.85. The Balaban J connectivity index is 2.48. The van der Waals surface area contributed by atoms with Gasteiger partial charge in [0.1, 0.15) is 23.5 Å². The maximum atomic E-state index is 13.0. The largest absolute Gasteiger partial charge is 0.507 e. The predicted octanol–water partition coefficient (Wildman–Crippen LogP) is 1.13. The van der Waals surface area contributed by atoms with Gasteiger partial charge in [-0.2, -0.15) is 0 Å². The minimum atomic E-state index is -3.34. The molecule has 34 heavy (non-hydrogen) atoms. The third-order valence-electron chi connectivity index (χ3n) is 5.18. The van der Waals surface area contributed by atoms with Crippen molar-refractivity contribution in [2.75, 3.05) is 12.8 Å². The second-order valence-electron chi connectivity index (χ2n) is 8.02. The number of aliphatic hydroxyl groups is 2. The second kappa shape index (κ2) is 11.9. The molecule has 9 nitrogen and oxygen atoms in total. The number of ether oxygens (including phenoxy) is 1. The van der Waals surface area contributed by atoms with Crippen LogP contribution in [0, 0.1) is 17.8 Å². The summed E-state index contributed by atoms with van der Waals surface area (Å²) in [6, 6.07) is 2.80. The molecule has 0 aliphatic carbocycles. The number of aliphatic hydroxyl groups excluding tert-OH is 2. The van der Waals surface area contributed by atoms with Gasteiger partial charge < -0.3 is 20.1 Å². The molecule has 0 aromatic heterocycles. The molecule has 4 atom stereocenters. The van der Waals surface area contributed by atoms with Gasteiger partial charge in [-0.3, -0.25) is 4.79 Å². The van der Waals surface area contributed by atoms with Crippen molar-refractivity contribution in [2.45, 2.75) is 45.0 Å². The van der Waals surface area contributed by atoms with Crippen LogP contribution in [-0.2, 0) is 19.6 Å². The third kappa shape index (κ3) is 7.81. The predicted molar refractivity (Wildman–Crippen MR) is 126 cm³/mol. The maximum absolute atomic E-state index is 13.0. The summed E-state index contributed by atoms with van der Waals surface area (Å²) in [4.78, 5) is 25.1. The Labute approximate surface area is 199 Å². The Morgan fingerprint density at radius 2 is 1.88 bits per heavy atom. The SMILES string of the molecule is C[C@@H]1/C=C\C(=O)[C@@H](O)[C@@H](O)C/C=C/c2c(C#CCCNS(C)(=O)=O)ccc(O)c2C(=O)O[C@H]1C. The highest BCUT2D eigenvalue weighted by molar-refractivity contribution is 7.88. The van der Waals surface area contributed by atoms with E-state index in [0.717, 1.165) is 12.3 Å². The monoisotopic (exact) mass is 491 g/mol. The van der Waals surface area contributed by atoms with Crippen molar-refractivity contribution in [3.8, 4) is 17.6 Å². The normalized spacial score (nSPS) is 25.8. The number of carbonyl (C=O) groups excluding carboxylic acids is 2. The van der Waals surface area contributed by atoms with Crippen molar-refractivity contribution in [1.29, 1.82) is 0 Å². The molecule has 1 heterocycles. The van der Waals surface area contributed by atoms with Gasteiger partial charge in [0, 0.05) is 30.0 Å². The van der Waals surface area contributed by atoms with Crippen LogP contribution in [0.2, 0.25) is 0 Å². The van der Waals surface area contributed by atoms with E-state index < -0.39 is 46.0 Å². The first-order valence-corrected chi connectivity index (χ1v) is 12.5. The number of ketones is 1. The molecule has 2 rings (SSSR count). The minimum absolute atomic E-state index is 0.102. The smallest absolute Gasteiger partial charge is 0.342 e. The Kier molecular flexibility index (Phi) is 9.58. The zero-order valence-corrected chi connectivity index (χ0v) is 20.0. The molecular weight excluding hydrogens is 462 g/mol. The van der Waals surface area contributed by atoms with Crippen LogP contribution in [0.3, 0.4) is 0 Å². The average Bonchev–Trinajstić information content (AvgIpc) is 2.75. The summed E-state index contributed by atoms with van der Waals surface area (Å²) in [6.45, 7) is 3.44. The van der Waals surface area contributed by atoms with Crippen LogP contribution in [-0.4, -0.2) is 66.6 Å². The van der Waals surface area contributed by atoms with Gasteiger partial charge in [0.15, 0.2) is 5.78 Å². The fraction of sp³-hybridized carbons (Fsp3) is 0.417. The van der Waals surface area contributed by atoms with Crippen molar-refractivity contribution in [3.63, 3.8) is 0 Å². The summed E-state index contributed by atoms with van der Waals surface area (Å²) < 4.78 is 30.2. The van der Waals surface area contributed by atoms with Crippen LogP contribution in [0.1, 0.15) is 48.2 Å². The molecule has 0 saturated heterocycles. The van der Waals surface area contributed by atoms with E-state index in [1.165, 1.54) is 30.4 Å².